The number of hydrogen-bond acceptors (Lipinski definition) is 0. The van der Waals surface area contributed by atoms with E-state index in [1.807, 2.05) is 0 Å². The third-order valence-corrected chi connectivity index (χ3v) is 7.07. The molecule has 2 aliphatic carbocycles. The van der Waals surface area contributed by atoms with Crippen molar-refractivity contribution in [3.05, 3.63) is 106 Å². The van der Waals surface area contributed by atoms with Crippen LogP contribution < -0.4 is 0 Å². The van der Waals surface area contributed by atoms with Gasteiger partial charge < -0.3 is 0 Å². The summed E-state index contributed by atoms with van der Waals surface area (Å²) in [7, 11) is 0. The van der Waals surface area contributed by atoms with Crippen molar-refractivity contribution in [2.24, 2.45) is 0 Å². The van der Waals surface area contributed by atoms with E-state index >= 15 is 0 Å². The lowest BCUT2D eigenvalue weighted by Crippen LogP contribution is -2.06. The Morgan fingerprint density at radius 1 is 0.552 bits per heavy atom. The Labute approximate surface area is 172 Å². The topological polar surface area (TPSA) is 0 Å². The molecular weight excluding hydrogens is 348 g/mol. The van der Waals surface area contributed by atoms with Crippen LogP contribution in [-0.4, -0.2) is 0 Å². The van der Waals surface area contributed by atoms with Crippen molar-refractivity contribution >= 4 is 33.7 Å². The zero-order valence-corrected chi connectivity index (χ0v) is 16.9. The molecule has 0 radical (unpaired) electrons. The lowest BCUT2D eigenvalue weighted by Gasteiger charge is -2.22. The SMILES string of the molecule is CC1=Cc2c(ccc3ccccc23)C1CC1C(C)=Cc2c1ccc1ccccc21. The summed E-state index contributed by atoms with van der Waals surface area (Å²) in [4.78, 5) is 0. The molecule has 0 fully saturated rings. The monoisotopic (exact) mass is 372 g/mol. The van der Waals surface area contributed by atoms with Gasteiger partial charge in [-0.3, -0.25) is 0 Å². The van der Waals surface area contributed by atoms with Crippen LogP contribution in [0.1, 0.15) is 54.4 Å². The first-order chi connectivity index (χ1) is 14.2. The van der Waals surface area contributed by atoms with E-state index in [2.05, 4.69) is 98.8 Å². The first kappa shape index (κ1) is 16.8. The van der Waals surface area contributed by atoms with Gasteiger partial charge in [-0.05, 0) is 64.1 Å². The maximum absolute atomic E-state index is 2.43. The van der Waals surface area contributed by atoms with Crippen molar-refractivity contribution in [2.45, 2.75) is 32.1 Å². The molecule has 0 bridgehead atoms. The van der Waals surface area contributed by atoms with Gasteiger partial charge in [0.25, 0.3) is 0 Å². The first-order valence-corrected chi connectivity index (χ1v) is 10.6. The van der Waals surface area contributed by atoms with Crippen molar-refractivity contribution in [2.75, 3.05) is 0 Å². The molecule has 2 unspecified atom stereocenters. The van der Waals surface area contributed by atoms with E-state index in [1.165, 1.54) is 54.9 Å². The number of benzene rings is 4. The Balaban J connectivity index is 1.43. The summed E-state index contributed by atoms with van der Waals surface area (Å²) in [6.07, 6.45) is 6.01. The molecule has 0 aromatic heterocycles. The van der Waals surface area contributed by atoms with Gasteiger partial charge in [-0.2, -0.15) is 0 Å². The molecule has 0 aliphatic heterocycles. The van der Waals surface area contributed by atoms with Crippen LogP contribution in [0, 0.1) is 0 Å². The predicted octanol–water partition coefficient (Wildman–Crippen LogP) is 8.08. The molecular formula is C29H24. The van der Waals surface area contributed by atoms with Gasteiger partial charge in [0.2, 0.25) is 0 Å². The Hall–Kier alpha value is -3.12. The summed E-state index contributed by atoms with van der Waals surface area (Å²) in [5.74, 6) is 1.00. The molecule has 0 N–H and O–H groups in total. The van der Waals surface area contributed by atoms with Crippen molar-refractivity contribution < 1.29 is 0 Å². The third kappa shape index (κ3) is 2.45. The van der Waals surface area contributed by atoms with Crippen molar-refractivity contribution in [3.63, 3.8) is 0 Å². The van der Waals surface area contributed by atoms with Gasteiger partial charge in [0.05, 0.1) is 0 Å². The second-order valence-electron chi connectivity index (χ2n) is 8.70. The highest BCUT2D eigenvalue weighted by Crippen LogP contribution is 2.49. The van der Waals surface area contributed by atoms with Crippen molar-refractivity contribution in [3.8, 4) is 0 Å². The lowest BCUT2D eigenvalue weighted by molar-refractivity contribution is 0.643. The molecule has 140 valence electrons. The highest BCUT2D eigenvalue weighted by atomic mass is 14.3. The van der Waals surface area contributed by atoms with E-state index in [9.17, 15) is 0 Å². The highest BCUT2D eigenvalue weighted by Gasteiger charge is 2.31. The fraction of sp³-hybridized carbons (Fsp3) is 0.172. The molecule has 0 saturated heterocycles. The number of fused-ring (bicyclic) bond motifs is 6. The average molecular weight is 373 g/mol. The second kappa shape index (κ2) is 6.19. The summed E-state index contributed by atoms with van der Waals surface area (Å²) in [6, 6.07) is 26.9. The van der Waals surface area contributed by atoms with Crippen LogP contribution in [0.15, 0.2) is 83.9 Å². The Kier molecular flexibility index (Phi) is 3.59. The van der Waals surface area contributed by atoms with Crippen LogP contribution in [0.5, 0.6) is 0 Å². The summed E-state index contributed by atoms with van der Waals surface area (Å²) >= 11 is 0. The van der Waals surface area contributed by atoms with E-state index < -0.39 is 0 Å². The molecule has 2 atom stereocenters. The molecule has 29 heavy (non-hydrogen) atoms. The van der Waals surface area contributed by atoms with E-state index in [0.29, 0.717) is 11.8 Å². The minimum atomic E-state index is 0.500. The Morgan fingerprint density at radius 2 is 1.00 bits per heavy atom. The van der Waals surface area contributed by atoms with Gasteiger partial charge in [-0.1, -0.05) is 96.1 Å². The minimum absolute atomic E-state index is 0.500. The number of hydrogen-bond donors (Lipinski definition) is 0. The maximum atomic E-state index is 2.43. The van der Waals surface area contributed by atoms with E-state index in [4.69, 9.17) is 0 Å². The maximum Gasteiger partial charge on any atom is 0.00638 e. The Bertz CT molecular complexity index is 1240. The third-order valence-electron chi connectivity index (χ3n) is 7.07. The van der Waals surface area contributed by atoms with Crippen LogP contribution in [0.25, 0.3) is 33.7 Å². The fourth-order valence-corrected chi connectivity index (χ4v) is 5.56. The number of allylic oxidation sites excluding steroid dienone is 2. The molecule has 0 saturated carbocycles. The minimum Gasteiger partial charge on any atom is -0.0651 e. The van der Waals surface area contributed by atoms with E-state index in [-0.39, 0.29) is 0 Å². The fourth-order valence-electron chi connectivity index (χ4n) is 5.56. The molecule has 0 amide bonds. The largest absolute Gasteiger partial charge is 0.0651 e. The van der Waals surface area contributed by atoms with Crippen molar-refractivity contribution in [1.82, 2.24) is 0 Å². The van der Waals surface area contributed by atoms with Gasteiger partial charge in [-0.15, -0.1) is 0 Å². The van der Waals surface area contributed by atoms with Gasteiger partial charge >= 0.3 is 0 Å². The smallest absolute Gasteiger partial charge is 0.00638 e. The van der Waals surface area contributed by atoms with Gasteiger partial charge in [-0.25, -0.2) is 0 Å². The van der Waals surface area contributed by atoms with Crippen molar-refractivity contribution in [1.29, 1.82) is 0 Å². The highest BCUT2D eigenvalue weighted by molar-refractivity contribution is 5.95. The standard InChI is InChI=1S/C29H24/c1-18-15-28-22-9-5-3-7-20(22)11-13-24(28)26(18)17-27-19(2)16-29-23-10-6-4-8-21(23)12-14-25(27)29/h3-16,26-27H,17H2,1-2H3. The van der Waals surface area contributed by atoms with Crippen LogP contribution in [0.4, 0.5) is 0 Å². The molecule has 0 nitrogen and oxygen atoms in total. The molecule has 6 rings (SSSR count). The zero-order valence-electron chi connectivity index (χ0n) is 16.9. The summed E-state index contributed by atoms with van der Waals surface area (Å²) < 4.78 is 0. The van der Waals surface area contributed by atoms with Crippen LogP contribution in [0.3, 0.4) is 0 Å². The molecule has 0 heteroatoms. The van der Waals surface area contributed by atoms with Gasteiger partial charge in [0, 0.05) is 11.8 Å². The first-order valence-electron chi connectivity index (χ1n) is 10.6. The van der Waals surface area contributed by atoms with E-state index in [1.54, 1.807) is 0 Å². The summed E-state index contributed by atoms with van der Waals surface area (Å²) in [5.41, 5.74) is 8.87. The molecule has 0 heterocycles. The molecule has 0 spiro atoms. The normalized spacial score (nSPS) is 19.9. The lowest BCUT2D eigenvalue weighted by atomic mass is 9.81. The number of rotatable bonds is 2. The second-order valence-corrected chi connectivity index (χ2v) is 8.70. The van der Waals surface area contributed by atoms with Gasteiger partial charge in [0.1, 0.15) is 0 Å². The molecule has 4 aromatic carbocycles. The van der Waals surface area contributed by atoms with Crippen LogP contribution >= 0.6 is 0 Å². The van der Waals surface area contributed by atoms with Crippen LogP contribution in [0.2, 0.25) is 0 Å². The summed E-state index contributed by atoms with van der Waals surface area (Å²) in [6.45, 7) is 4.63. The van der Waals surface area contributed by atoms with Gasteiger partial charge in [0.15, 0.2) is 0 Å². The van der Waals surface area contributed by atoms with E-state index in [0.717, 1.165) is 6.42 Å². The average Bonchev–Trinajstić information content (AvgIpc) is 3.25. The zero-order chi connectivity index (χ0) is 19.5. The molecule has 4 aromatic rings. The Morgan fingerprint density at radius 3 is 1.48 bits per heavy atom. The molecule has 2 aliphatic rings. The summed E-state index contributed by atoms with van der Waals surface area (Å²) in [5, 5.41) is 5.45. The quantitative estimate of drug-likeness (QED) is 0.333. The predicted molar refractivity (Wildman–Crippen MR) is 125 cm³/mol. The van der Waals surface area contributed by atoms with Crippen LogP contribution in [-0.2, 0) is 0 Å².